The van der Waals surface area contributed by atoms with Crippen LogP contribution in [0.1, 0.15) is 39.0 Å². The highest BCUT2D eigenvalue weighted by molar-refractivity contribution is 5.80. The van der Waals surface area contributed by atoms with Crippen molar-refractivity contribution in [3.05, 3.63) is 0 Å². The lowest BCUT2D eigenvalue weighted by molar-refractivity contribution is -0.168. The lowest BCUT2D eigenvalue weighted by atomic mass is 9.80. The molecule has 0 aliphatic carbocycles. The van der Waals surface area contributed by atoms with Crippen molar-refractivity contribution in [2.75, 3.05) is 6.61 Å². The van der Waals surface area contributed by atoms with E-state index < -0.39 is 5.60 Å². The van der Waals surface area contributed by atoms with Crippen molar-refractivity contribution in [2.45, 2.75) is 56.7 Å². The summed E-state index contributed by atoms with van der Waals surface area (Å²) in [6.45, 7) is 1.89. The van der Waals surface area contributed by atoms with Crippen molar-refractivity contribution in [2.24, 2.45) is 5.92 Å². The third kappa shape index (κ3) is 1.49. The van der Waals surface area contributed by atoms with Crippen LogP contribution in [0.4, 0.5) is 0 Å². The molecule has 3 aliphatic rings. The summed E-state index contributed by atoms with van der Waals surface area (Å²) >= 11 is 0. The molecule has 0 saturated carbocycles. The summed E-state index contributed by atoms with van der Waals surface area (Å²) in [7, 11) is 0. The van der Waals surface area contributed by atoms with E-state index in [2.05, 4.69) is 0 Å². The van der Waals surface area contributed by atoms with Crippen molar-refractivity contribution in [1.29, 1.82) is 0 Å². The SMILES string of the molecule is C[C@@H]1CC2(CCC(=O)N3C2CC[C@H]3CO)OC1=O. The molecule has 0 radical (unpaired) electrons. The van der Waals surface area contributed by atoms with Gasteiger partial charge in [-0.3, -0.25) is 9.59 Å². The number of fused-ring (bicyclic) bond motifs is 2. The summed E-state index contributed by atoms with van der Waals surface area (Å²) in [5, 5.41) is 9.36. The molecule has 3 rings (SSSR count). The third-order valence-electron chi connectivity index (χ3n) is 4.73. The maximum absolute atomic E-state index is 12.0. The van der Waals surface area contributed by atoms with E-state index in [1.165, 1.54) is 0 Å². The van der Waals surface area contributed by atoms with Crippen molar-refractivity contribution in [1.82, 2.24) is 4.90 Å². The summed E-state index contributed by atoms with van der Waals surface area (Å²) < 4.78 is 5.64. The van der Waals surface area contributed by atoms with Gasteiger partial charge in [-0.1, -0.05) is 6.92 Å². The molecular formula is C13H19NO4. The van der Waals surface area contributed by atoms with Gasteiger partial charge in [-0.25, -0.2) is 0 Å². The van der Waals surface area contributed by atoms with Crippen LogP contribution in [0.25, 0.3) is 0 Å². The first kappa shape index (κ1) is 12.0. The first-order chi connectivity index (χ1) is 8.57. The van der Waals surface area contributed by atoms with E-state index in [1.54, 1.807) is 4.90 Å². The Hall–Kier alpha value is -1.10. The van der Waals surface area contributed by atoms with Gasteiger partial charge in [-0.15, -0.1) is 0 Å². The van der Waals surface area contributed by atoms with E-state index in [1.807, 2.05) is 6.92 Å². The number of carbonyl (C=O) groups is 2. The van der Waals surface area contributed by atoms with Gasteiger partial charge in [-0.05, 0) is 19.3 Å². The van der Waals surface area contributed by atoms with Gasteiger partial charge in [0.1, 0.15) is 5.60 Å². The smallest absolute Gasteiger partial charge is 0.309 e. The van der Waals surface area contributed by atoms with Crippen LogP contribution in [0.5, 0.6) is 0 Å². The van der Waals surface area contributed by atoms with E-state index >= 15 is 0 Å². The molecule has 100 valence electrons. The minimum Gasteiger partial charge on any atom is -0.457 e. The molecule has 4 atom stereocenters. The average Bonchev–Trinajstić information content (AvgIpc) is 2.89. The number of nitrogens with zero attached hydrogens (tertiary/aromatic N) is 1. The van der Waals surface area contributed by atoms with Gasteiger partial charge >= 0.3 is 5.97 Å². The predicted molar refractivity (Wildman–Crippen MR) is 62.6 cm³/mol. The van der Waals surface area contributed by atoms with Crippen molar-refractivity contribution in [3.8, 4) is 0 Å². The second-order valence-corrected chi connectivity index (χ2v) is 5.82. The molecule has 3 saturated heterocycles. The van der Waals surface area contributed by atoms with Crippen LogP contribution in [-0.4, -0.2) is 46.2 Å². The highest BCUT2D eigenvalue weighted by Gasteiger charge is 2.58. The standard InChI is InChI=1S/C13H19NO4/c1-8-6-13(18-12(8)17)5-4-11(16)14-9(7-15)2-3-10(13)14/h8-10,15H,2-7H2,1H3/t8-,9+,10?,13?/m1/s1. The zero-order chi connectivity index (χ0) is 12.9. The van der Waals surface area contributed by atoms with E-state index in [9.17, 15) is 14.7 Å². The Morgan fingerprint density at radius 3 is 2.83 bits per heavy atom. The van der Waals surface area contributed by atoms with Gasteiger partial charge in [0, 0.05) is 12.8 Å². The van der Waals surface area contributed by atoms with Gasteiger partial charge in [-0.2, -0.15) is 0 Å². The summed E-state index contributed by atoms with van der Waals surface area (Å²) in [5.41, 5.74) is -0.478. The number of amides is 1. The van der Waals surface area contributed by atoms with Crippen molar-refractivity contribution < 1.29 is 19.4 Å². The number of aliphatic hydroxyl groups excluding tert-OH is 1. The van der Waals surface area contributed by atoms with Crippen LogP contribution in [0.3, 0.4) is 0 Å². The minimum atomic E-state index is -0.478. The number of aliphatic hydroxyl groups is 1. The van der Waals surface area contributed by atoms with E-state index in [0.717, 1.165) is 12.8 Å². The maximum Gasteiger partial charge on any atom is 0.309 e. The molecule has 2 unspecified atom stereocenters. The van der Waals surface area contributed by atoms with Crippen molar-refractivity contribution in [3.63, 3.8) is 0 Å². The number of carbonyl (C=O) groups excluding carboxylic acids is 2. The maximum atomic E-state index is 12.0. The molecule has 0 aromatic heterocycles. The van der Waals surface area contributed by atoms with Crippen LogP contribution in [0, 0.1) is 5.92 Å². The van der Waals surface area contributed by atoms with Crippen LogP contribution >= 0.6 is 0 Å². The molecule has 3 fully saturated rings. The minimum absolute atomic E-state index is 0.00181. The Balaban J connectivity index is 1.90. The molecule has 5 nitrogen and oxygen atoms in total. The molecule has 0 aromatic carbocycles. The number of ether oxygens (including phenoxy) is 1. The van der Waals surface area contributed by atoms with Crippen LogP contribution in [0.15, 0.2) is 0 Å². The Kier molecular flexibility index (Phi) is 2.62. The zero-order valence-corrected chi connectivity index (χ0v) is 10.6. The fourth-order valence-electron chi connectivity index (χ4n) is 3.87. The molecular weight excluding hydrogens is 234 g/mol. The van der Waals surface area contributed by atoms with Crippen LogP contribution < -0.4 is 0 Å². The number of piperidine rings is 1. The number of rotatable bonds is 1. The Morgan fingerprint density at radius 2 is 2.22 bits per heavy atom. The van der Waals surface area contributed by atoms with Gasteiger partial charge < -0.3 is 14.7 Å². The average molecular weight is 253 g/mol. The highest BCUT2D eigenvalue weighted by Crippen LogP contribution is 2.47. The topological polar surface area (TPSA) is 66.8 Å². The quantitative estimate of drug-likeness (QED) is 0.689. The summed E-state index contributed by atoms with van der Waals surface area (Å²) in [6.07, 6.45) is 3.41. The van der Waals surface area contributed by atoms with E-state index in [-0.39, 0.29) is 36.5 Å². The van der Waals surface area contributed by atoms with E-state index in [0.29, 0.717) is 19.3 Å². The summed E-state index contributed by atoms with van der Waals surface area (Å²) in [4.78, 5) is 25.5. The molecule has 3 heterocycles. The summed E-state index contributed by atoms with van der Waals surface area (Å²) in [5.74, 6) is -0.122. The fourth-order valence-corrected chi connectivity index (χ4v) is 3.87. The number of esters is 1. The Bertz CT molecular complexity index is 396. The third-order valence-corrected chi connectivity index (χ3v) is 4.73. The zero-order valence-electron chi connectivity index (χ0n) is 10.6. The van der Waals surface area contributed by atoms with Gasteiger partial charge in [0.15, 0.2) is 0 Å². The molecule has 3 aliphatic heterocycles. The lowest BCUT2D eigenvalue weighted by Gasteiger charge is -2.44. The van der Waals surface area contributed by atoms with Crippen LogP contribution in [-0.2, 0) is 14.3 Å². The Morgan fingerprint density at radius 1 is 1.44 bits per heavy atom. The Labute approximate surface area is 106 Å². The van der Waals surface area contributed by atoms with Crippen LogP contribution in [0.2, 0.25) is 0 Å². The first-order valence-electron chi connectivity index (χ1n) is 6.72. The molecule has 1 spiro atoms. The molecule has 0 aromatic rings. The fraction of sp³-hybridized carbons (Fsp3) is 0.846. The van der Waals surface area contributed by atoms with Gasteiger partial charge in [0.25, 0.3) is 0 Å². The van der Waals surface area contributed by atoms with Gasteiger partial charge in [0.2, 0.25) is 5.91 Å². The predicted octanol–water partition coefficient (Wildman–Crippen LogP) is 0.454. The normalized spacial score (nSPS) is 43.4. The first-order valence-corrected chi connectivity index (χ1v) is 6.72. The van der Waals surface area contributed by atoms with Crippen molar-refractivity contribution >= 4 is 11.9 Å². The molecule has 1 N–H and O–H groups in total. The molecule has 5 heteroatoms. The monoisotopic (exact) mass is 253 g/mol. The number of hydrogen-bond donors (Lipinski definition) is 1. The molecule has 0 bridgehead atoms. The van der Waals surface area contributed by atoms with Gasteiger partial charge in [0.05, 0.1) is 24.6 Å². The summed E-state index contributed by atoms with van der Waals surface area (Å²) in [6, 6.07) is -0.112. The van der Waals surface area contributed by atoms with E-state index in [4.69, 9.17) is 4.74 Å². The lowest BCUT2D eigenvalue weighted by Crippen LogP contribution is -2.58. The molecule has 1 amide bonds. The largest absolute Gasteiger partial charge is 0.457 e. The second kappa shape index (κ2) is 3.95. The molecule has 18 heavy (non-hydrogen) atoms. The second-order valence-electron chi connectivity index (χ2n) is 5.82. The number of hydrogen-bond acceptors (Lipinski definition) is 4. The highest BCUT2D eigenvalue weighted by atomic mass is 16.6.